The fourth-order valence-corrected chi connectivity index (χ4v) is 1.69. The standard InChI is InChI=1S/C15H17N.C2H6/c1-12(2)14-8-9-15(16-11-14)10-13-6-4-3-5-7-13;1-2/h3-9,11-12H,10H2,1-2H3;1-2H3. The van der Waals surface area contributed by atoms with Gasteiger partial charge in [-0.25, -0.2) is 0 Å². The summed E-state index contributed by atoms with van der Waals surface area (Å²) in [6, 6.07) is 14.8. The van der Waals surface area contributed by atoms with E-state index in [0.29, 0.717) is 5.92 Å². The Morgan fingerprint density at radius 2 is 1.61 bits per heavy atom. The summed E-state index contributed by atoms with van der Waals surface area (Å²) in [7, 11) is 0. The van der Waals surface area contributed by atoms with Gasteiger partial charge in [-0.2, -0.15) is 0 Å². The maximum Gasteiger partial charge on any atom is 0.0447 e. The molecule has 0 spiro atoms. The van der Waals surface area contributed by atoms with Gasteiger partial charge in [0.05, 0.1) is 0 Å². The zero-order valence-corrected chi connectivity index (χ0v) is 11.9. The van der Waals surface area contributed by atoms with E-state index in [9.17, 15) is 0 Å². The molecular formula is C17H23N. The van der Waals surface area contributed by atoms with Gasteiger partial charge in [-0.05, 0) is 23.1 Å². The van der Waals surface area contributed by atoms with Gasteiger partial charge in [0.2, 0.25) is 0 Å². The van der Waals surface area contributed by atoms with Crippen LogP contribution >= 0.6 is 0 Å². The molecule has 0 saturated heterocycles. The van der Waals surface area contributed by atoms with Crippen LogP contribution in [-0.2, 0) is 6.42 Å². The Balaban J connectivity index is 0.000000771. The lowest BCUT2D eigenvalue weighted by atomic mass is 10.0. The van der Waals surface area contributed by atoms with Crippen LogP contribution in [0.15, 0.2) is 48.7 Å². The molecule has 0 aliphatic rings. The predicted octanol–water partition coefficient (Wildman–Crippen LogP) is 4.82. The van der Waals surface area contributed by atoms with Gasteiger partial charge in [0.1, 0.15) is 0 Å². The van der Waals surface area contributed by atoms with E-state index in [0.717, 1.165) is 12.1 Å². The second-order valence-electron chi connectivity index (χ2n) is 4.40. The summed E-state index contributed by atoms with van der Waals surface area (Å²) in [6.07, 6.45) is 2.90. The number of benzene rings is 1. The Morgan fingerprint density at radius 1 is 0.944 bits per heavy atom. The summed E-state index contributed by atoms with van der Waals surface area (Å²) < 4.78 is 0. The van der Waals surface area contributed by atoms with Gasteiger partial charge in [-0.15, -0.1) is 0 Å². The molecule has 0 aliphatic carbocycles. The Bertz CT molecular complexity index is 429. The van der Waals surface area contributed by atoms with E-state index in [1.807, 2.05) is 26.1 Å². The van der Waals surface area contributed by atoms with Crippen molar-refractivity contribution in [2.45, 2.75) is 40.0 Å². The highest BCUT2D eigenvalue weighted by Gasteiger charge is 2.00. The average molecular weight is 241 g/mol. The third-order valence-corrected chi connectivity index (χ3v) is 2.74. The maximum absolute atomic E-state index is 4.50. The predicted molar refractivity (Wildman–Crippen MR) is 78.9 cm³/mol. The fourth-order valence-electron chi connectivity index (χ4n) is 1.69. The summed E-state index contributed by atoms with van der Waals surface area (Å²) in [4.78, 5) is 4.50. The van der Waals surface area contributed by atoms with E-state index < -0.39 is 0 Å². The Hall–Kier alpha value is -1.63. The quantitative estimate of drug-likeness (QED) is 0.750. The van der Waals surface area contributed by atoms with E-state index in [-0.39, 0.29) is 0 Å². The van der Waals surface area contributed by atoms with E-state index in [1.54, 1.807) is 0 Å². The molecule has 1 aromatic heterocycles. The lowest BCUT2D eigenvalue weighted by molar-refractivity contribution is 0.852. The highest BCUT2D eigenvalue weighted by Crippen LogP contribution is 2.14. The molecule has 0 aliphatic heterocycles. The number of pyridine rings is 1. The van der Waals surface area contributed by atoms with Crippen LogP contribution in [0.5, 0.6) is 0 Å². The van der Waals surface area contributed by atoms with Crippen LogP contribution in [-0.4, -0.2) is 4.98 Å². The Morgan fingerprint density at radius 3 is 2.11 bits per heavy atom. The van der Waals surface area contributed by atoms with Gasteiger partial charge >= 0.3 is 0 Å². The first kappa shape index (κ1) is 14.4. The van der Waals surface area contributed by atoms with Gasteiger partial charge in [0, 0.05) is 18.3 Å². The molecule has 18 heavy (non-hydrogen) atoms. The molecular weight excluding hydrogens is 218 g/mol. The molecule has 0 bridgehead atoms. The summed E-state index contributed by atoms with van der Waals surface area (Å²) in [5, 5.41) is 0. The molecule has 0 atom stereocenters. The van der Waals surface area contributed by atoms with Crippen molar-refractivity contribution in [2.75, 3.05) is 0 Å². The van der Waals surface area contributed by atoms with Crippen LogP contribution in [0.25, 0.3) is 0 Å². The first-order valence-corrected chi connectivity index (χ1v) is 6.74. The Labute approximate surface area is 111 Å². The number of rotatable bonds is 3. The molecule has 0 unspecified atom stereocenters. The van der Waals surface area contributed by atoms with Crippen molar-refractivity contribution in [2.24, 2.45) is 0 Å². The Kier molecular flexibility index (Phi) is 6.13. The average Bonchev–Trinajstić information content (AvgIpc) is 2.43. The molecule has 0 fully saturated rings. The first-order chi connectivity index (χ1) is 8.75. The van der Waals surface area contributed by atoms with Crippen LogP contribution in [0.2, 0.25) is 0 Å². The topological polar surface area (TPSA) is 12.9 Å². The van der Waals surface area contributed by atoms with Crippen molar-refractivity contribution in [3.8, 4) is 0 Å². The molecule has 96 valence electrons. The molecule has 0 amide bonds. The molecule has 0 saturated carbocycles. The van der Waals surface area contributed by atoms with E-state index in [4.69, 9.17) is 0 Å². The fraction of sp³-hybridized carbons (Fsp3) is 0.353. The molecule has 2 aromatic rings. The van der Waals surface area contributed by atoms with E-state index >= 15 is 0 Å². The van der Waals surface area contributed by atoms with Gasteiger partial charge in [0.15, 0.2) is 0 Å². The van der Waals surface area contributed by atoms with Crippen molar-refractivity contribution in [3.05, 3.63) is 65.5 Å². The SMILES string of the molecule is CC.CC(C)c1ccc(Cc2ccccc2)nc1. The summed E-state index contributed by atoms with van der Waals surface area (Å²) >= 11 is 0. The maximum atomic E-state index is 4.50. The normalized spacial score (nSPS) is 9.83. The van der Waals surface area contributed by atoms with Gasteiger partial charge < -0.3 is 0 Å². The molecule has 0 radical (unpaired) electrons. The zero-order valence-electron chi connectivity index (χ0n) is 11.9. The summed E-state index contributed by atoms with van der Waals surface area (Å²) in [5.74, 6) is 0.554. The van der Waals surface area contributed by atoms with E-state index in [1.165, 1.54) is 11.1 Å². The largest absolute Gasteiger partial charge is 0.261 e. The molecule has 1 nitrogen and oxygen atoms in total. The van der Waals surface area contributed by atoms with Crippen molar-refractivity contribution in [1.29, 1.82) is 0 Å². The monoisotopic (exact) mass is 241 g/mol. The van der Waals surface area contributed by atoms with Crippen LogP contribution in [0.1, 0.15) is 50.4 Å². The van der Waals surface area contributed by atoms with Gasteiger partial charge in [-0.1, -0.05) is 64.1 Å². The van der Waals surface area contributed by atoms with Crippen molar-refractivity contribution < 1.29 is 0 Å². The number of hydrogen-bond donors (Lipinski definition) is 0. The van der Waals surface area contributed by atoms with Crippen LogP contribution in [0.4, 0.5) is 0 Å². The molecule has 0 N–H and O–H groups in total. The van der Waals surface area contributed by atoms with Crippen molar-refractivity contribution in [3.63, 3.8) is 0 Å². The number of aromatic nitrogens is 1. The van der Waals surface area contributed by atoms with Crippen molar-refractivity contribution >= 4 is 0 Å². The minimum atomic E-state index is 0.554. The van der Waals surface area contributed by atoms with Crippen molar-refractivity contribution in [1.82, 2.24) is 4.98 Å². The summed E-state index contributed by atoms with van der Waals surface area (Å²) in [5.41, 5.74) is 3.75. The summed E-state index contributed by atoms with van der Waals surface area (Å²) in [6.45, 7) is 8.38. The highest BCUT2D eigenvalue weighted by molar-refractivity contribution is 5.24. The second kappa shape index (κ2) is 7.65. The smallest absolute Gasteiger partial charge is 0.0447 e. The second-order valence-corrected chi connectivity index (χ2v) is 4.40. The van der Waals surface area contributed by atoms with Gasteiger partial charge in [-0.3, -0.25) is 4.98 Å². The van der Waals surface area contributed by atoms with Crippen LogP contribution < -0.4 is 0 Å². The highest BCUT2D eigenvalue weighted by atomic mass is 14.7. The van der Waals surface area contributed by atoms with Crippen LogP contribution in [0, 0.1) is 0 Å². The third kappa shape index (κ3) is 4.33. The van der Waals surface area contributed by atoms with E-state index in [2.05, 4.69) is 55.2 Å². The van der Waals surface area contributed by atoms with Crippen LogP contribution in [0.3, 0.4) is 0 Å². The third-order valence-electron chi connectivity index (χ3n) is 2.74. The lowest BCUT2D eigenvalue weighted by Gasteiger charge is -2.06. The zero-order chi connectivity index (χ0) is 13.4. The van der Waals surface area contributed by atoms with Gasteiger partial charge in [0.25, 0.3) is 0 Å². The molecule has 1 heterocycles. The molecule has 1 aromatic carbocycles. The minimum Gasteiger partial charge on any atom is -0.261 e. The molecule has 1 heteroatoms. The molecule has 2 rings (SSSR count). The number of hydrogen-bond acceptors (Lipinski definition) is 1. The number of nitrogens with zero attached hydrogens (tertiary/aromatic N) is 1. The first-order valence-electron chi connectivity index (χ1n) is 6.74. The lowest BCUT2D eigenvalue weighted by Crippen LogP contribution is -1.94. The minimum absolute atomic E-state index is 0.554.